The van der Waals surface area contributed by atoms with Gasteiger partial charge in [-0.25, -0.2) is 4.39 Å². The van der Waals surface area contributed by atoms with Gasteiger partial charge in [0.1, 0.15) is 5.82 Å². The van der Waals surface area contributed by atoms with Crippen LogP contribution in [-0.4, -0.2) is 20.7 Å². The number of halogens is 1. The Balaban J connectivity index is 2.15. The van der Waals surface area contributed by atoms with Gasteiger partial charge in [-0.1, -0.05) is 6.92 Å². The van der Waals surface area contributed by atoms with Crippen molar-refractivity contribution in [2.45, 2.75) is 19.4 Å². The molecule has 1 amide bonds. The van der Waals surface area contributed by atoms with Crippen LogP contribution in [0.15, 0.2) is 30.7 Å². The van der Waals surface area contributed by atoms with Crippen molar-refractivity contribution in [1.29, 1.82) is 0 Å². The maximum absolute atomic E-state index is 13.0. The number of hydrogen-bond acceptors (Lipinski definition) is 3. The summed E-state index contributed by atoms with van der Waals surface area (Å²) in [6.07, 6.45) is 4.80. The number of amides is 1. The van der Waals surface area contributed by atoms with Gasteiger partial charge in [-0.15, -0.1) is 0 Å². The topological polar surface area (TPSA) is 59.8 Å². The standard InChI is InChI=1S/C13H15FN4O/c1-3-11(12-4-5-16-18(12)2)17-13(19)9-6-10(14)8-15-7-9/h4-8,11H,3H2,1-2H3,(H,17,19). The fourth-order valence-electron chi connectivity index (χ4n) is 1.89. The zero-order valence-electron chi connectivity index (χ0n) is 10.8. The monoisotopic (exact) mass is 262 g/mol. The van der Waals surface area contributed by atoms with E-state index in [1.54, 1.807) is 10.9 Å². The fraction of sp³-hybridized carbons (Fsp3) is 0.308. The Morgan fingerprint density at radius 1 is 1.53 bits per heavy atom. The molecule has 0 radical (unpaired) electrons. The highest BCUT2D eigenvalue weighted by atomic mass is 19.1. The van der Waals surface area contributed by atoms with E-state index in [2.05, 4.69) is 15.4 Å². The lowest BCUT2D eigenvalue weighted by Crippen LogP contribution is -2.29. The average Bonchev–Trinajstić information content (AvgIpc) is 2.82. The molecule has 19 heavy (non-hydrogen) atoms. The third kappa shape index (κ3) is 2.96. The van der Waals surface area contributed by atoms with Crippen molar-refractivity contribution in [1.82, 2.24) is 20.1 Å². The summed E-state index contributed by atoms with van der Waals surface area (Å²) in [6.45, 7) is 1.96. The zero-order chi connectivity index (χ0) is 13.8. The van der Waals surface area contributed by atoms with Gasteiger partial charge in [0, 0.05) is 19.4 Å². The summed E-state index contributed by atoms with van der Waals surface area (Å²) in [5.41, 5.74) is 1.11. The van der Waals surface area contributed by atoms with Crippen molar-refractivity contribution in [2.75, 3.05) is 0 Å². The molecule has 2 aromatic rings. The van der Waals surface area contributed by atoms with Crippen LogP contribution in [0.1, 0.15) is 35.4 Å². The fourth-order valence-corrected chi connectivity index (χ4v) is 1.89. The molecule has 1 unspecified atom stereocenters. The number of aromatic nitrogens is 3. The van der Waals surface area contributed by atoms with E-state index in [1.165, 1.54) is 6.20 Å². The van der Waals surface area contributed by atoms with E-state index in [1.807, 2.05) is 20.0 Å². The van der Waals surface area contributed by atoms with Gasteiger partial charge in [-0.3, -0.25) is 14.5 Å². The molecule has 1 N–H and O–H groups in total. The summed E-state index contributed by atoms with van der Waals surface area (Å²) in [4.78, 5) is 15.7. The maximum atomic E-state index is 13.0. The molecule has 0 aliphatic carbocycles. The Bertz CT molecular complexity index is 582. The van der Waals surface area contributed by atoms with E-state index >= 15 is 0 Å². The van der Waals surface area contributed by atoms with Gasteiger partial charge in [0.15, 0.2) is 0 Å². The molecule has 0 saturated carbocycles. The molecule has 0 aromatic carbocycles. The number of aryl methyl sites for hydroxylation is 1. The lowest BCUT2D eigenvalue weighted by atomic mass is 10.1. The summed E-state index contributed by atoms with van der Waals surface area (Å²) < 4.78 is 14.7. The first kappa shape index (κ1) is 13.2. The smallest absolute Gasteiger partial charge is 0.253 e. The normalized spacial score (nSPS) is 12.2. The van der Waals surface area contributed by atoms with Crippen LogP contribution in [0.5, 0.6) is 0 Å². The molecule has 100 valence electrons. The van der Waals surface area contributed by atoms with Gasteiger partial charge in [-0.2, -0.15) is 5.10 Å². The summed E-state index contributed by atoms with van der Waals surface area (Å²) in [5.74, 6) is -0.874. The van der Waals surface area contributed by atoms with Crippen molar-refractivity contribution in [3.05, 3.63) is 47.8 Å². The highest BCUT2D eigenvalue weighted by Crippen LogP contribution is 2.16. The zero-order valence-corrected chi connectivity index (χ0v) is 10.8. The molecule has 0 spiro atoms. The molecular formula is C13H15FN4O. The van der Waals surface area contributed by atoms with Crippen LogP contribution in [0.4, 0.5) is 4.39 Å². The van der Waals surface area contributed by atoms with Crippen molar-refractivity contribution in [3.8, 4) is 0 Å². The van der Waals surface area contributed by atoms with E-state index in [0.717, 1.165) is 18.0 Å². The second kappa shape index (κ2) is 5.60. The van der Waals surface area contributed by atoms with Crippen LogP contribution in [-0.2, 0) is 7.05 Å². The van der Waals surface area contributed by atoms with E-state index in [0.29, 0.717) is 6.42 Å². The number of carbonyl (C=O) groups excluding carboxylic acids is 1. The number of nitrogens with one attached hydrogen (secondary N) is 1. The third-order valence-electron chi connectivity index (χ3n) is 2.90. The Kier molecular flexibility index (Phi) is 3.89. The number of nitrogens with zero attached hydrogens (tertiary/aromatic N) is 3. The largest absolute Gasteiger partial charge is 0.344 e. The second-order valence-corrected chi connectivity index (χ2v) is 4.21. The Hall–Kier alpha value is -2.24. The van der Waals surface area contributed by atoms with Crippen LogP contribution < -0.4 is 5.32 Å². The molecule has 0 aliphatic heterocycles. The van der Waals surface area contributed by atoms with Gasteiger partial charge < -0.3 is 5.32 Å². The molecule has 2 rings (SSSR count). The highest BCUT2D eigenvalue weighted by Gasteiger charge is 2.17. The maximum Gasteiger partial charge on any atom is 0.253 e. The molecule has 5 nitrogen and oxygen atoms in total. The molecule has 2 heterocycles. The SMILES string of the molecule is CCC(NC(=O)c1cncc(F)c1)c1ccnn1C. The van der Waals surface area contributed by atoms with Crippen molar-refractivity contribution in [2.24, 2.45) is 7.05 Å². The summed E-state index contributed by atoms with van der Waals surface area (Å²) in [6, 6.07) is 2.85. The Morgan fingerprint density at radius 3 is 2.89 bits per heavy atom. The average molecular weight is 262 g/mol. The van der Waals surface area contributed by atoms with Gasteiger partial charge in [0.25, 0.3) is 5.91 Å². The van der Waals surface area contributed by atoms with Gasteiger partial charge in [0.2, 0.25) is 0 Å². The number of carbonyl (C=O) groups is 1. The van der Waals surface area contributed by atoms with E-state index in [9.17, 15) is 9.18 Å². The molecule has 0 fully saturated rings. The molecule has 0 bridgehead atoms. The second-order valence-electron chi connectivity index (χ2n) is 4.21. The molecule has 2 aromatic heterocycles. The van der Waals surface area contributed by atoms with Crippen molar-refractivity contribution >= 4 is 5.91 Å². The number of pyridine rings is 1. The van der Waals surface area contributed by atoms with Crippen molar-refractivity contribution < 1.29 is 9.18 Å². The number of hydrogen-bond donors (Lipinski definition) is 1. The lowest BCUT2D eigenvalue weighted by Gasteiger charge is -2.17. The molecule has 0 saturated heterocycles. The molecular weight excluding hydrogens is 247 g/mol. The Labute approximate surface area is 110 Å². The van der Waals surface area contributed by atoms with Gasteiger partial charge in [-0.05, 0) is 18.6 Å². The summed E-state index contributed by atoms with van der Waals surface area (Å²) in [7, 11) is 1.81. The first-order valence-electron chi connectivity index (χ1n) is 6.01. The quantitative estimate of drug-likeness (QED) is 0.914. The van der Waals surface area contributed by atoms with Crippen LogP contribution in [0.3, 0.4) is 0 Å². The third-order valence-corrected chi connectivity index (χ3v) is 2.90. The van der Waals surface area contributed by atoms with Crippen molar-refractivity contribution in [3.63, 3.8) is 0 Å². The van der Waals surface area contributed by atoms with Gasteiger partial charge in [0.05, 0.1) is 23.5 Å². The number of rotatable bonds is 4. The van der Waals surface area contributed by atoms with E-state index in [-0.39, 0.29) is 17.5 Å². The Morgan fingerprint density at radius 2 is 2.32 bits per heavy atom. The minimum Gasteiger partial charge on any atom is -0.344 e. The van der Waals surface area contributed by atoms with Crippen LogP contribution >= 0.6 is 0 Å². The highest BCUT2D eigenvalue weighted by molar-refractivity contribution is 5.94. The molecule has 0 aliphatic rings. The predicted octanol–water partition coefficient (Wildman–Crippen LogP) is 1.84. The molecule has 6 heteroatoms. The predicted molar refractivity (Wildman–Crippen MR) is 67.9 cm³/mol. The van der Waals surface area contributed by atoms with Crippen LogP contribution in [0, 0.1) is 5.82 Å². The van der Waals surface area contributed by atoms with E-state index < -0.39 is 5.82 Å². The minimum absolute atomic E-state index is 0.164. The molecule has 1 atom stereocenters. The van der Waals surface area contributed by atoms with Crippen LogP contribution in [0.25, 0.3) is 0 Å². The minimum atomic E-state index is -0.527. The van der Waals surface area contributed by atoms with E-state index in [4.69, 9.17) is 0 Å². The summed E-state index contributed by atoms with van der Waals surface area (Å²) in [5, 5.41) is 6.92. The van der Waals surface area contributed by atoms with Gasteiger partial charge >= 0.3 is 0 Å². The first-order valence-corrected chi connectivity index (χ1v) is 6.01. The lowest BCUT2D eigenvalue weighted by molar-refractivity contribution is 0.0933. The first-order chi connectivity index (χ1) is 9.11. The summed E-state index contributed by atoms with van der Waals surface area (Å²) >= 11 is 0. The van der Waals surface area contributed by atoms with Crippen LogP contribution in [0.2, 0.25) is 0 Å².